The van der Waals surface area contributed by atoms with Gasteiger partial charge in [0, 0.05) is 5.02 Å². The Kier molecular flexibility index (Phi) is 2.00. The van der Waals surface area contributed by atoms with Crippen LogP contribution in [0.5, 0.6) is 0 Å². The molecule has 1 aromatic heterocycles. The van der Waals surface area contributed by atoms with Gasteiger partial charge in [0.1, 0.15) is 5.82 Å². The summed E-state index contributed by atoms with van der Waals surface area (Å²) in [7, 11) is 0. The highest BCUT2D eigenvalue weighted by molar-refractivity contribution is 6.31. The largest absolute Gasteiger partial charge is 0.339 e. The lowest BCUT2D eigenvalue weighted by molar-refractivity contribution is 0.208. The van der Waals surface area contributed by atoms with Crippen molar-refractivity contribution in [2.45, 2.75) is 19.5 Å². The number of rotatable bonds is 1. The van der Waals surface area contributed by atoms with Gasteiger partial charge in [-0.25, -0.2) is 9.37 Å². The second-order valence-electron chi connectivity index (χ2n) is 3.72. The molecule has 0 aliphatic carbocycles. The van der Waals surface area contributed by atoms with Crippen LogP contribution >= 0.6 is 11.6 Å². The number of aromatic nitrogens is 2. The summed E-state index contributed by atoms with van der Waals surface area (Å²) in [5.74, 6) is 0.328. The average Bonchev–Trinajstić information content (AvgIpc) is 2.45. The zero-order chi connectivity index (χ0) is 10.3. The Balaban J connectivity index is 2.63. The maximum Gasteiger partial charge on any atom is 0.162 e. The van der Waals surface area contributed by atoms with Crippen molar-refractivity contribution in [1.82, 2.24) is 9.97 Å². The molecule has 0 spiro atoms. The third-order valence-electron chi connectivity index (χ3n) is 2.01. The molecule has 1 aromatic carbocycles. The molecule has 14 heavy (non-hydrogen) atoms. The van der Waals surface area contributed by atoms with Crippen molar-refractivity contribution >= 4 is 22.6 Å². The number of alkyl halides is 1. The highest BCUT2D eigenvalue weighted by Crippen LogP contribution is 2.25. The summed E-state index contributed by atoms with van der Waals surface area (Å²) in [6.45, 7) is 2.93. The predicted molar refractivity (Wildman–Crippen MR) is 55.2 cm³/mol. The van der Waals surface area contributed by atoms with E-state index in [4.69, 9.17) is 11.6 Å². The van der Waals surface area contributed by atoms with Gasteiger partial charge in [-0.2, -0.15) is 0 Å². The first-order valence-corrected chi connectivity index (χ1v) is 4.69. The molecule has 0 aliphatic heterocycles. The molecule has 0 bridgehead atoms. The Morgan fingerprint density at radius 1 is 1.43 bits per heavy atom. The van der Waals surface area contributed by atoms with Gasteiger partial charge in [0.15, 0.2) is 5.67 Å². The fourth-order valence-corrected chi connectivity index (χ4v) is 1.44. The summed E-state index contributed by atoms with van der Waals surface area (Å²) >= 11 is 5.80. The first-order valence-electron chi connectivity index (χ1n) is 4.31. The Labute approximate surface area is 86.1 Å². The van der Waals surface area contributed by atoms with Gasteiger partial charge in [0.05, 0.1) is 11.0 Å². The number of imidazole rings is 1. The van der Waals surface area contributed by atoms with Crippen LogP contribution in [0.25, 0.3) is 11.0 Å². The Morgan fingerprint density at radius 2 is 2.14 bits per heavy atom. The number of aromatic amines is 1. The van der Waals surface area contributed by atoms with Crippen LogP contribution in [-0.4, -0.2) is 9.97 Å². The molecular formula is C10H10ClFN2. The van der Waals surface area contributed by atoms with Crippen LogP contribution in [0.1, 0.15) is 19.7 Å². The van der Waals surface area contributed by atoms with Crippen LogP contribution in [0.2, 0.25) is 5.02 Å². The molecule has 0 saturated carbocycles. The van der Waals surface area contributed by atoms with Gasteiger partial charge in [-0.1, -0.05) is 11.6 Å². The van der Waals surface area contributed by atoms with E-state index in [0.717, 1.165) is 11.0 Å². The zero-order valence-electron chi connectivity index (χ0n) is 7.94. The molecule has 1 N–H and O–H groups in total. The molecular weight excluding hydrogens is 203 g/mol. The predicted octanol–water partition coefficient (Wildman–Crippen LogP) is 3.42. The number of nitrogens with zero attached hydrogens (tertiary/aromatic N) is 1. The minimum absolute atomic E-state index is 0.328. The molecule has 1 heterocycles. The Bertz CT molecular complexity index is 470. The zero-order valence-corrected chi connectivity index (χ0v) is 8.69. The van der Waals surface area contributed by atoms with Gasteiger partial charge in [0.2, 0.25) is 0 Å². The molecule has 74 valence electrons. The van der Waals surface area contributed by atoms with Crippen molar-refractivity contribution < 1.29 is 4.39 Å². The molecule has 4 heteroatoms. The summed E-state index contributed by atoms with van der Waals surface area (Å²) in [6.07, 6.45) is 0. The van der Waals surface area contributed by atoms with E-state index in [1.165, 1.54) is 13.8 Å². The van der Waals surface area contributed by atoms with Crippen LogP contribution in [0.3, 0.4) is 0 Å². The molecule has 2 rings (SSSR count). The van der Waals surface area contributed by atoms with E-state index in [1.54, 1.807) is 18.2 Å². The summed E-state index contributed by atoms with van der Waals surface area (Å²) < 4.78 is 13.5. The third-order valence-corrected chi connectivity index (χ3v) is 2.24. The monoisotopic (exact) mass is 212 g/mol. The minimum atomic E-state index is -1.45. The summed E-state index contributed by atoms with van der Waals surface area (Å²) in [5.41, 5.74) is 0.0410. The molecule has 0 atom stereocenters. The van der Waals surface area contributed by atoms with Crippen molar-refractivity contribution in [1.29, 1.82) is 0 Å². The smallest absolute Gasteiger partial charge is 0.162 e. The fraction of sp³-hybridized carbons (Fsp3) is 0.300. The third kappa shape index (κ3) is 1.60. The quantitative estimate of drug-likeness (QED) is 0.771. The molecule has 2 aromatic rings. The van der Waals surface area contributed by atoms with E-state index < -0.39 is 5.67 Å². The number of hydrogen-bond donors (Lipinski definition) is 1. The summed E-state index contributed by atoms with van der Waals surface area (Å²) in [4.78, 5) is 7.04. The lowest BCUT2D eigenvalue weighted by atomic mass is 10.2. The maximum absolute atomic E-state index is 13.5. The highest BCUT2D eigenvalue weighted by Gasteiger charge is 2.22. The number of H-pyrrole nitrogens is 1. The topological polar surface area (TPSA) is 28.7 Å². The Morgan fingerprint density at radius 3 is 2.79 bits per heavy atom. The number of hydrogen-bond acceptors (Lipinski definition) is 1. The van der Waals surface area contributed by atoms with Crippen molar-refractivity contribution in [2.24, 2.45) is 0 Å². The van der Waals surface area contributed by atoms with Gasteiger partial charge in [0.25, 0.3) is 0 Å². The maximum atomic E-state index is 13.5. The normalized spacial score (nSPS) is 12.3. The number of halogens is 2. The van der Waals surface area contributed by atoms with Gasteiger partial charge in [-0.15, -0.1) is 0 Å². The fourth-order valence-electron chi connectivity index (χ4n) is 1.26. The van der Waals surface area contributed by atoms with E-state index in [-0.39, 0.29) is 0 Å². The van der Waals surface area contributed by atoms with Gasteiger partial charge in [-0.3, -0.25) is 0 Å². The van der Waals surface area contributed by atoms with Crippen LogP contribution in [0.4, 0.5) is 4.39 Å². The lowest BCUT2D eigenvalue weighted by Crippen LogP contribution is -2.10. The molecule has 0 radical (unpaired) electrons. The average molecular weight is 213 g/mol. The van der Waals surface area contributed by atoms with Gasteiger partial charge in [-0.05, 0) is 32.0 Å². The van der Waals surface area contributed by atoms with Gasteiger partial charge < -0.3 is 4.98 Å². The van der Waals surface area contributed by atoms with E-state index >= 15 is 0 Å². The van der Waals surface area contributed by atoms with Crippen LogP contribution in [0.15, 0.2) is 18.2 Å². The summed E-state index contributed by atoms with van der Waals surface area (Å²) in [6, 6.07) is 5.24. The lowest BCUT2D eigenvalue weighted by Gasteiger charge is -2.08. The first-order chi connectivity index (χ1) is 6.47. The highest BCUT2D eigenvalue weighted by atomic mass is 35.5. The second-order valence-corrected chi connectivity index (χ2v) is 4.16. The molecule has 0 unspecified atom stereocenters. The molecule has 0 amide bonds. The molecule has 0 saturated heterocycles. The number of nitrogens with one attached hydrogen (secondary N) is 1. The van der Waals surface area contributed by atoms with Crippen molar-refractivity contribution in [3.8, 4) is 0 Å². The van der Waals surface area contributed by atoms with Gasteiger partial charge >= 0.3 is 0 Å². The number of fused-ring (bicyclic) bond motifs is 1. The van der Waals surface area contributed by atoms with Crippen molar-refractivity contribution in [2.75, 3.05) is 0 Å². The minimum Gasteiger partial charge on any atom is -0.339 e. The van der Waals surface area contributed by atoms with Crippen molar-refractivity contribution in [3.05, 3.63) is 29.0 Å². The van der Waals surface area contributed by atoms with Crippen LogP contribution in [-0.2, 0) is 5.67 Å². The first kappa shape index (κ1) is 9.46. The van der Waals surface area contributed by atoms with E-state index in [2.05, 4.69) is 9.97 Å². The molecule has 0 fully saturated rings. The number of benzene rings is 1. The van der Waals surface area contributed by atoms with E-state index in [9.17, 15) is 4.39 Å². The molecule has 0 aliphatic rings. The summed E-state index contributed by atoms with van der Waals surface area (Å²) in [5, 5.41) is 0.615. The second kappa shape index (κ2) is 2.95. The van der Waals surface area contributed by atoms with Crippen LogP contribution in [0, 0.1) is 0 Å². The van der Waals surface area contributed by atoms with Crippen molar-refractivity contribution in [3.63, 3.8) is 0 Å². The van der Waals surface area contributed by atoms with Crippen LogP contribution < -0.4 is 0 Å². The molecule has 2 nitrogen and oxygen atoms in total. The van der Waals surface area contributed by atoms with E-state index in [0.29, 0.717) is 10.8 Å². The Hall–Kier alpha value is -1.09. The SMILES string of the molecule is CC(C)(F)c1nc2ccc(Cl)cc2[nH]1. The van der Waals surface area contributed by atoms with E-state index in [1.807, 2.05) is 0 Å². The standard InChI is InChI=1S/C10H10ClFN2/c1-10(2,12)9-13-7-4-3-6(11)5-8(7)14-9/h3-5H,1-2H3,(H,13,14).